The van der Waals surface area contributed by atoms with Gasteiger partial charge in [0.15, 0.2) is 0 Å². The molecule has 1 heterocycles. The van der Waals surface area contributed by atoms with Crippen molar-refractivity contribution in [1.29, 1.82) is 0 Å². The molecule has 14 heavy (non-hydrogen) atoms. The van der Waals surface area contributed by atoms with E-state index in [0.29, 0.717) is 6.04 Å². The summed E-state index contributed by atoms with van der Waals surface area (Å²) in [5.41, 5.74) is 1.43. The van der Waals surface area contributed by atoms with Crippen molar-refractivity contribution < 1.29 is 0 Å². The highest BCUT2D eigenvalue weighted by atomic mass is 79.9. The topological polar surface area (TPSA) is 12.0 Å². The average molecular weight is 254 g/mol. The Bertz CT molecular complexity index is 292. The van der Waals surface area contributed by atoms with Crippen LogP contribution in [0.25, 0.3) is 0 Å². The zero-order valence-electron chi connectivity index (χ0n) is 8.30. The van der Waals surface area contributed by atoms with E-state index in [1.807, 2.05) is 0 Å². The van der Waals surface area contributed by atoms with Gasteiger partial charge in [0.25, 0.3) is 0 Å². The highest BCUT2D eigenvalue weighted by Gasteiger charge is 2.12. The van der Waals surface area contributed by atoms with Crippen LogP contribution >= 0.6 is 15.9 Å². The molecule has 0 radical (unpaired) electrons. The van der Waals surface area contributed by atoms with Gasteiger partial charge in [0.2, 0.25) is 0 Å². The number of hydrogen-bond acceptors (Lipinski definition) is 1. The molecule has 1 N–H and O–H groups in total. The lowest BCUT2D eigenvalue weighted by molar-refractivity contribution is 0.399. The highest BCUT2D eigenvalue weighted by molar-refractivity contribution is 9.10. The largest absolute Gasteiger partial charge is 0.314 e. The average Bonchev–Trinajstić information content (AvgIpc) is 2.19. The maximum absolute atomic E-state index is 3.57. The van der Waals surface area contributed by atoms with E-state index in [9.17, 15) is 0 Å². The molecule has 2 rings (SSSR count). The third kappa shape index (κ3) is 2.82. The Labute approximate surface area is 94.0 Å². The van der Waals surface area contributed by atoms with Gasteiger partial charge in [0, 0.05) is 10.5 Å². The lowest BCUT2D eigenvalue weighted by atomic mass is 9.98. The summed E-state index contributed by atoms with van der Waals surface area (Å²) in [6.07, 6.45) is 5.21. The van der Waals surface area contributed by atoms with E-state index in [-0.39, 0.29) is 0 Å². The molecule has 0 bridgehead atoms. The summed E-state index contributed by atoms with van der Waals surface area (Å²) in [5, 5.41) is 3.57. The molecule has 1 unspecified atom stereocenters. The van der Waals surface area contributed by atoms with Crippen LogP contribution in [0.5, 0.6) is 0 Å². The van der Waals surface area contributed by atoms with Crippen molar-refractivity contribution in [2.24, 2.45) is 0 Å². The maximum Gasteiger partial charge on any atom is 0.0178 e. The zero-order valence-corrected chi connectivity index (χ0v) is 9.89. The lowest BCUT2D eigenvalue weighted by Crippen LogP contribution is -2.35. The van der Waals surface area contributed by atoms with Crippen molar-refractivity contribution in [2.75, 3.05) is 6.54 Å². The molecule has 0 aliphatic carbocycles. The molecular formula is C12H16BrN. The second kappa shape index (κ2) is 4.94. The summed E-state index contributed by atoms with van der Waals surface area (Å²) >= 11 is 3.51. The minimum absolute atomic E-state index is 0.693. The normalized spacial score (nSPS) is 22.2. The van der Waals surface area contributed by atoms with Gasteiger partial charge < -0.3 is 5.32 Å². The highest BCUT2D eigenvalue weighted by Crippen LogP contribution is 2.16. The van der Waals surface area contributed by atoms with Crippen molar-refractivity contribution in [3.63, 3.8) is 0 Å². The first-order chi connectivity index (χ1) is 6.84. The Balaban J connectivity index is 1.95. The summed E-state index contributed by atoms with van der Waals surface area (Å²) in [5.74, 6) is 0. The summed E-state index contributed by atoms with van der Waals surface area (Å²) in [7, 11) is 0. The fourth-order valence-corrected chi connectivity index (χ4v) is 2.49. The van der Waals surface area contributed by atoms with Gasteiger partial charge >= 0.3 is 0 Å². The first-order valence-electron chi connectivity index (χ1n) is 5.32. The van der Waals surface area contributed by atoms with Gasteiger partial charge in [-0.3, -0.25) is 0 Å². The maximum atomic E-state index is 3.57. The Morgan fingerprint density at radius 2 is 2.29 bits per heavy atom. The van der Waals surface area contributed by atoms with E-state index >= 15 is 0 Å². The molecule has 1 aliphatic heterocycles. The molecule has 1 nitrogen and oxygen atoms in total. The van der Waals surface area contributed by atoms with E-state index in [2.05, 4.69) is 45.5 Å². The van der Waals surface area contributed by atoms with Crippen molar-refractivity contribution in [3.8, 4) is 0 Å². The molecule has 0 aromatic heterocycles. The standard InChI is InChI=1S/C12H16BrN/c13-11-5-3-4-10(8-11)9-12-6-1-2-7-14-12/h3-5,8,12,14H,1-2,6-7,9H2. The van der Waals surface area contributed by atoms with Crippen LogP contribution < -0.4 is 5.32 Å². The van der Waals surface area contributed by atoms with E-state index < -0.39 is 0 Å². The van der Waals surface area contributed by atoms with Crippen LogP contribution in [0.3, 0.4) is 0 Å². The molecule has 76 valence electrons. The molecule has 1 atom stereocenters. The van der Waals surface area contributed by atoms with Crippen LogP contribution in [0, 0.1) is 0 Å². The predicted octanol–water partition coefficient (Wildman–Crippen LogP) is 3.13. The second-order valence-electron chi connectivity index (χ2n) is 3.98. The molecule has 0 amide bonds. The van der Waals surface area contributed by atoms with Crippen LogP contribution in [0.4, 0.5) is 0 Å². The van der Waals surface area contributed by atoms with Gasteiger partial charge in [-0.05, 0) is 43.5 Å². The van der Waals surface area contributed by atoms with Crippen molar-refractivity contribution in [1.82, 2.24) is 5.32 Å². The number of rotatable bonds is 2. The molecular weight excluding hydrogens is 238 g/mol. The summed E-state index contributed by atoms with van der Waals surface area (Å²) in [6, 6.07) is 9.32. The first-order valence-corrected chi connectivity index (χ1v) is 6.12. The number of halogens is 1. The van der Waals surface area contributed by atoms with E-state index in [1.54, 1.807) is 0 Å². The first kappa shape index (κ1) is 10.2. The van der Waals surface area contributed by atoms with Crippen LogP contribution in [0.15, 0.2) is 28.7 Å². The number of piperidine rings is 1. The Morgan fingerprint density at radius 1 is 1.36 bits per heavy atom. The van der Waals surface area contributed by atoms with Crippen LogP contribution in [-0.2, 0) is 6.42 Å². The van der Waals surface area contributed by atoms with Crippen molar-refractivity contribution in [2.45, 2.75) is 31.7 Å². The van der Waals surface area contributed by atoms with E-state index in [0.717, 1.165) is 0 Å². The smallest absolute Gasteiger partial charge is 0.0178 e. The third-order valence-corrected chi connectivity index (χ3v) is 3.28. The monoisotopic (exact) mass is 253 g/mol. The van der Waals surface area contributed by atoms with Crippen molar-refractivity contribution >= 4 is 15.9 Å². The molecule has 1 aromatic rings. The Hall–Kier alpha value is -0.340. The van der Waals surface area contributed by atoms with E-state index in [4.69, 9.17) is 0 Å². The fourth-order valence-electron chi connectivity index (χ4n) is 2.05. The second-order valence-corrected chi connectivity index (χ2v) is 4.90. The Morgan fingerprint density at radius 3 is 3.00 bits per heavy atom. The molecule has 0 spiro atoms. The predicted molar refractivity (Wildman–Crippen MR) is 63.5 cm³/mol. The SMILES string of the molecule is Brc1cccc(CC2CCCCN2)c1. The van der Waals surface area contributed by atoms with Gasteiger partial charge in [-0.1, -0.05) is 34.5 Å². The molecule has 1 aliphatic rings. The number of nitrogens with one attached hydrogen (secondary N) is 1. The zero-order chi connectivity index (χ0) is 9.80. The third-order valence-electron chi connectivity index (χ3n) is 2.78. The van der Waals surface area contributed by atoms with Crippen LogP contribution in [-0.4, -0.2) is 12.6 Å². The number of benzene rings is 1. The van der Waals surface area contributed by atoms with Gasteiger partial charge in [-0.2, -0.15) is 0 Å². The molecule has 2 heteroatoms. The molecule has 1 saturated heterocycles. The quantitative estimate of drug-likeness (QED) is 0.854. The van der Waals surface area contributed by atoms with Crippen LogP contribution in [0.1, 0.15) is 24.8 Å². The molecule has 1 aromatic carbocycles. The minimum atomic E-state index is 0.693. The van der Waals surface area contributed by atoms with Crippen molar-refractivity contribution in [3.05, 3.63) is 34.3 Å². The van der Waals surface area contributed by atoms with Gasteiger partial charge in [-0.15, -0.1) is 0 Å². The fraction of sp³-hybridized carbons (Fsp3) is 0.500. The summed E-state index contributed by atoms with van der Waals surface area (Å²) in [4.78, 5) is 0. The number of hydrogen-bond donors (Lipinski definition) is 1. The van der Waals surface area contributed by atoms with Crippen LogP contribution in [0.2, 0.25) is 0 Å². The molecule has 1 fully saturated rings. The minimum Gasteiger partial charge on any atom is -0.314 e. The molecule has 0 saturated carbocycles. The van der Waals surface area contributed by atoms with E-state index in [1.165, 1.54) is 42.3 Å². The summed E-state index contributed by atoms with van der Waals surface area (Å²) < 4.78 is 1.19. The van der Waals surface area contributed by atoms with Gasteiger partial charge in [-0.25, -0.2) is 0 Å². The lowest BCUT2D eigenvalue weighted by Gasteiger charge is -2.23. The van der Waals surface area contributed by atoms with Gasteiger partial charge in [0.05, 0.1) is 0 Å². The van der Waals surface area contributed by atoms with Gasteiger partial charge in [0.1, 0.15) is 0 Å². The summed E-state index contributed by atoms with van der Waals surface area (Å²) in [6.45, 7) is 1.19. The Kier molecular flexibility index (Phi) is 3.60.